The number of esters is 1. The van der Waals surface area contributed by atoms with Crippen molar-refractivity contribution in [3.63, 3.8) is 0 Å². The minimum atomic E-state index is -0.449. The monoisotopic (exact) mass is 263 g/mol. The van der Waals surface area contributed by atoms with Crippen molar-refractivity contribution in [2.24, 2.45) is 5.41 Å². The number of hydrogen-bond donors (Lipinski definition) is 1. The predicted molar refractivity (Wildman–Crippen MR) is 77.8 cm³/mol. The molecule has 0 unspecified atom stereocenters. The Bertz CT molecular complexity index is 405. The zero-order chi connectivity index (χ0) is 14.5. The zero-order valence-electron chi connectivity index (χ0n) is 12.6. The van der Waals surface area contributed by atoms with E-state index in [1.165, 1.54) is 5.56 Å². The third-order valence-electron chi connectivity index (χ3n) is 2.79. The van der Waals surface area contributed by atoms with E-state index in [0.717, 1.165) is 6.54 Å². The normalized spacial score (nSPS) is 12.3. The summed E-state index contributed by atoms with van der Waals surface area (Å²) in [4.78, 5) is 11.7. The number of benzene rings is 1. The van der Waals surface area contributed by atoms with Gasteiger partial charge in [-0.05, 0) is 40.2 Å². The highest BCUT2D eigenvalue weighted by atomic mass is 16.5. The van der Waals surface area contributed by atoms with Crippen LogP contribution in [-0.2, 0) is 16.1 Å². The first-order valence-corrected chi connectivity index (χ1v) is 6.67. The number of nitrogens with one attached hydrogen (secondary N) is 1. The van der Waals surface area contributed by atoms with Gasteiger partial charge in [0.1, 0.15) is 6.61 Å². The average Bonchev–Trinajstić information content (AvgIpc) is 2.34. The maximum atomic E-state index is 11.7. The van der Waals surface area contributed by atoms with Crippen LogP contribution in [-0.4, -0.2) is 18.1 Å². The summed E-state index contributed by atoms with van der Waals surface area (Å²) in [6.07, 6.45) is 0. The molecule has 106 valence electrons. The molecule has 19 heavy (non-hydrogen) atoms. The summed E-state index contributed by atoms with van der Waals surface area (Å²) in [7, 11) is 0. The van der Waals surface area contributed by atoms with Gasteiger partial charge >= 0.3 is 5.97 Å². The number of rotatable bonds is 5. The Morgan fingerprint density at radius 3 is 2.21 bits per heavy atom. The second-order valence-corrected chi connectivity index (χ2v) is 6.55. The molecule has 0 amide bonds. The molecule has 0 bridgehead atoms. The van der Waals surface area contributed by atoms with Gasteiger partial charge in [-0.25, -0.2) is 0 Å². The first-order valence-electron chi connectivity index (χ1n) is 6.67. The average molecular weight is 263 g/mol. The standard InChI is InChI=1S/C16H25NO2/c1-15(2,3)14(18)19-12-16(4,5)17-11-13-9-7-6-8-10-13/h6-10,17H,11-12H2,1-5H3. The summed E-state index contributed by atoms with van der Waals surface area (Å²) in [5, 5.41) is 3.40. The van der Waals surface area contributed by atoms with Crippen LogP contribution in [0.2, 0.25) is 0 Å². The van der Waals surface area contributed by atoms with E-state index in [4.69, 9.17) is 4.74 Å². The van der Waals surface area contributed by atoms with Crippen LogP contribution in [0.3, 0.4) is 0 Å². The Morgan fingerprint density at radius 1 is 1.11 bits per heavy atom. The predicted octanol–water partition coefficient (Wildman–Crippen LogP) is 3.14. The van der Waals surface area contributed by atoms with E-state index in [1.807, 2.05) is 52.8 Å². The van der Waals surface area contributed by atoms with Crippen LogP contribution >= 0.6 is 0 Å². The van der Waals surface area contributed by atoms with Gasteiger partial charge in [0.25, 0.3) is 0 Å². The van der Waals surface area contributed by atoms with E-state index in [-0.39, 0.29) is 11.5 Å². The molecular formula is C16H25NO2. The van der Waals surface area contributed by atoms with E-state index < -0.39 is 5.41 Å². The van der Waals surface area contributed by atoms with Gasteiger partial charge in [0, 0.05) is 12.1 Å². The van der Waals surface area contributed by atoms with Crippen molar-refractivity contribution in [1.29, 1.82) is 0 Å². The highest BCUT2D eigenvalue weighted by Crippen LogP contribution is 2.16. The van der Waals surface area contributed by atoms with Gasteiger partial charge in [-0.15, -0.1) is 0 Å². The Morgan fingerprint density at radius 2 is 1.68 bits per heavy atom. The quantitative estimate of drug-likeness (QED) is 0.829. The fourth-order valence-electron chi connectivity index (χ4n) is 1.45. The van der Waals surface area contributed by atoms with Gasteiger partial charge in [-0.2, -0.15) is 0 Å². The molecule has 0 radical (unpaired) electrons. The Kier molecular flexibility index (Phi) is 5.12. The van der Waals surface area contributed by atoms with Gasteiger partial charge in [0.05, 0.1) is 5.41 Å². The zero-order valence-corrected chi connectivity index (χ0v) is 12.6. The Balaban J connectivity index is 2.42. The lowest BCUT2D eigenvalue weighted by molar-refractivity contribution is -0.154. The Labute approximate surface area is 116 Å². The molecule has 1 N–H and O–H groups in total. The fourth-order valence-corrected chi connectivity index (χ4v) is 1.45. The van der Waals surface area contributed by atoms with Gasteiger partial charge < -0.3 is 10.1 Å². The molecule has 1 aromatic carbocycles. The van der Waals surface area contributed by atoms with Gasteiger partial charge in [-0.1, -0.05) is 30.3 Å². The minimum absolute atomic E-state index is 0.165. The lowest BCUT2D eigenvalue weighted by atomic mass is 9.97. The van der Waals surface area contributed by atoms with Crippen LogP contribution in [0, 0.1) is 5.41 Å². The molecule has 1 aromatic rings. The van der Waals surface area contributed by atoms with Gasteiger partial charge in [0.15, 0.2) is 0 Å². The van der Waals surface area contributed by atoms with Crippen LogP contribution in [0.1, 0.15) is 40.2 Å². The highest BCUT2D eigenvalue weighted by molar-refractivity contribution is 5.75. The van der Waals surface area contributed by atoms with Crippen molar-refractivity contribution in [1.82, 2.24) is 5.32 Å². The summed E-state index contributed by atoms with van der Waals surface area (Å²) >= 11 is 0. The molecule has 0 aliphatic rings. The topological polar surface area (TPSA) is 38.3 Å². The molecule has 1 rings (SSSR count). The van der Waals surface area contributed by atoms with E-state index in [0.29, 0.717) is 6.61 Å². The second-order valence-electron chi connectivity index (χ2n) is 6.55. The number of hydrogen-bond acceptors (Lipinski definition) is 3. The van der Waals surface area contributed by atoms with Crippen molar-refractivity contribution >= 4 is 5.97 Å². The highest BCUT2D eigenvalue weighted by Gasteiger charge is 2.26. The molecule has 3 heteroatoms. The van der Waals surface area contributed by atoms with E-state index in [1.54, 1.807) is 0 Å². The minimum Gasteiger partial charge on any atom is -0.463 e. The van der Waals surface area contributed by atoms with E-state index in [2.05, 4.69) is 17.4 Å². The maximum absolute atomic E-state index is 11.7. The molecule has 0 heterocycles. The molecule has 0 atom stereocenters. The largest absolute Gasteiger partial charge is 0.463 e. The van der Waals surface area contributed by atoms with Crippen molar-refractivity contribution in [3.05, 3.63) is 35.9 Å². The number of carbonyl (C=O) groups excluding carboxylic acids is 1. The lowest BCUT2D eigenvalue weighted by Gasteiger charge is -2.28. The molecule has 3 nitrogen and oxygen atoms in total. The van der Waals surface area contributed by atoms with Crippen LogP contribution in [0.4, 0.5) is 0 Å². The molecule has 0 spiro atoms. The molecule has 0 aliphatic heterocycles. The first kappa shape index (κ1) is 15.7. The third kappa shape index (κ3) is 5.88. The van der Waals surface area contributed by atoms with Gasteiger partial charge in [-0.3, -0.25) is 4.79 Å². The molecule has 0 fully saturated rings. The third-order valence-corrected chi connectivity index (χ3v) is 2.79. The summed E-state index contributed by atoms with van der Waals surface area (Å²) in [5.74, 6) is -0.165. The number of ether oxygens (including phenoxy) is 1. The molecule has 0 saturated carbocycles. The summed E-state index contributed by atoms with van der Waals surface area (Å²) < 4.78 is 5.36. The van der Waals surface area contributed by atoms with Crippen LogP contribution in [0.25, 0.3) is 0 Å². The van der Waals surface area contributed by atoms with Crippen molar-refractivity contribution in [2.45, 2.75) is 46.7 Å². The summed E-state index contributed by atoms with van der Waals surface area (Å²) in [5.41, 5.74) is 0.532. The number of carbonyl (C=O) groups is 1. The second kappa shape index (κ2) is 6.20. The van der Waals surface area contributed by atoms with Crippen LogP contribution in [0.5, 0.6) is 0 Å². The lowest BCUT2D eigenvalue weighted by Crippen LogP contribution is -2.44. The molecule has 0 aliphatic carbocycles. The summed E-state index contributed by atoms with van der Waals surface area (Å²) in [6.45, 7) is 10.8. The van der Waals surface area contributed by atoms with E-state index >= 15 is 0 Å². The van der Waals surface area contributed by atoms with Crippen LogP contribution < -0.4 is 5.32 Å². The maximum Gasteiger partial charge on any atom is 0.311 e. The van der Waals surface area contributed by atoms with Gasteiger partial charge in [0.2, 0.25) is 0 Å². The Hall–Kier alpha value is -1.35. The molecular weight excluding hydrogens is 238 g/mol. The first-order chi connectivity index (χ1) is 8.71. The van der Waals surface area contributed by atoms with Crippen molar-refractivity contribution in [2.75, 3.05) is 6.61 Å². The fraction of sp³-hybridized carbons (Fsp3) is 0.562. The molecule has 0 saturated heterocycles. The van der Waals surface area contributed by atoms with Crippen molar-refractivity contribution in [3.8, 4) is 0 Å². The SMILES string of the molecule is CC(C)(COC(=O)C(C)(C)C)NCc1ccccc1. The molecule has 0 aromatic heterocycles. The van der Waals surface area contributed by atoms with Crippen LogP contribution in [0.15, 0.2) is 30.3 Å². The summed E-state index contributed by atoms with van der Waals surface area (Å²) in [6, 6.07) is 10.2. The van der Waals surface area contributed by atoms with E-state index in [9.17, 15) is 4.79 Å². The van der Waals surface area contributed by atoms with Crippen molar-refractivity contribution < 1.29 is 9.53 Å². The smallest absolute Gasteiger partial charge is 0.311 e.